The van der Waals surface area contributed by atoms with Crippen molar-refractivity contribution in [2.75, 3.05) is 62.2 Å². The van der Waals surface area contributed by atoms with Crippen molar-refractivity contribution in [3.63, 3.8) is 0 Å². The van der Waals surface area contributed by atoms with Crippen LogP contribution in [0.3, 0.4) is 0 Å². The molecule has 0 saturated carbocycles. The van der Waals surface area contributed by atoms with Crippen molar-refractivity contribution in [3.8, 4) is 0 Å². The minimum Gasteiger partial charge on any atom is -0.396 e. The van der Waals surface area contributed by atoms with Crippen molar-refractivity contribution in [2.45, 2.75) is 63.3 Å². The molecular weight excluding hydrogens is 701 g/mol. The summed E-state index contributed by atoms with van der Waals surface area (Å²) >= 11 is 0. The summed E-state index contributed by atoms with van der Waals surface area (Å²) in [7, 11) is 0. The smallest absolute Gasteiger partial charge is 0.269 e. The molecule has 14 nitrogen and oxygen atoms in total. The zero-order chi connectivity index (χ0) is 38.2. The number of piperidine rings is 3. The van der Waals surface area contributed by atoms with Gasteiger partial charge in [-0.2, -0.15) is 0 Å². The molecule has 8 rings (SSSR count). The predicted octanol–water partition coefficient (Wildman–Crippen LogP) is 2.48. The van der Waals surface area contributed by atoms with E-state index in [1.54, 1.807) is 18.3 Å². The van der Waals surface area contributed by atoms with Crippen LogP contribution in [-0.4, -0.2) is 113 Å². The maximum Gasteiger partial charge on any atom is 0.269 e. The van der Waals surface area contributed by atoms with Crippen molar-refractivity contribution in [3.05, 3.63) is 82.3 Å². The first-order valence-corrected chi connectivity index (χ1v) is 19.6. The van der Waals surface area contributed by atoms with Crippen LogP contribution in [0, 0.1) is 11.8 Å². The lowest BCUT2D eigenvalue weighted by molar-refractivity contribution is -0.136. The summed E-state index contributed by atoms with van der Waals surface area (Å²) in [4.78, 5) is 80.0. The summed E-state index contributed by atoms with van der Waals surface area (Å²) < 4.78 is 0. The molecule has 1 unspecified atom stereocenters. The Labute approximate surface area is 320 Å². The maximum atomic E-state index is 13.3. The van der Waals surface area contributed by atoms with E-state index in [4.69, 9.17) is 10.7 Å². The van der Waals surface area contributed by atoms with E-state index in [2.05, 4.69) is 49.3 Å². The van der Waals surface area contributed by atoms with Gasteiger partial charge in [-0.3, -0.25) is 34.2 Å². The summed E-state index contributed by atoms with van der Waals surface area (Å²) in [5, 5.41) is 11.9. The molecule has 55 heavy (non-hydrogen) atoms. The number of fused-ring (bicyclic) bond motifs is 1. The molecule has 4 fully saturated rings. The third kappa shape index (κ3) is 7.57. The predicted molar refractivity (Wildman–Crippen MR) is 204 cm³/mol. The summed E-state index contributed by atoms with van der Waals surface area (Å²) in [6.45, 7) is 6.48. The highest BCUT2D eigenvalue weighted by Crippen LogP contribution is 2.34. The van der Waals surface area contributed by atoms with Crippen molar-refractivity contribution < 1.29 is 29.1 Å². The fourth-order valence-corrected chi connectivity index (χ4v) is 9.11. The van der Waals surface area contributed by atoms with Crippen LogP contribution in [0.25, 0.3) is 0 Å². The molecule has 4 N–H and O–H groups in total. The van der Waals surface area contributed by atoms with Gasteiger partial charge in [-0.15, -0.1) is 0 Å². The lowest BCUT2D eigenvalue weighted by Gasteiger charge is -2.34. The Morgan fingerprint density at radius 2 is 1.62 bits per heavy atom. The number of anilines is 2. The van der Waals surface area contributed by atoms with Crippen LogP contribution >= 0.6 is 0 Å². The first kappa shape index (κ1) is 36.8. The molecule has 4 saturated heterocycles. The molecule has 5 aliphatic heterocycles. The van der Waals surface area contributed by atoms with E-state index in [-0.39, 0.29) is 31.1 Å². The van der Waals surface area contributed by atoms with Gasteiger partial charge in [0.1, 0.15) is 17.6 Å². The van der Waals surface area contributed by atoms with Crippen LogP contribution in [0.5, 0.6) is 0 Å². The van der Waals surface area contributed by atoms with Crippen molar-refractivity contribution in [2.24, 2.45) is 17.6 Å². The van der Waals surface area contributed by atoms with E-state index in [1.807, 2.05) is 6.07 Å². The van der Waals surface area contributed by atoms with E-state index in [0.29, 0.717) is 47.4 Å². The standard InChI is InChI=1S/C41H48N8O6/c42-38(52)37-33(44-35(20-43-37)48-14-1-2-27(23-48)24-50)18-25-3-5-28(6-4-25)29-12-15-46(16-13-29)21-26-11-17-47(22-26)30-7-8-31-32(19-30)41(55)49(40(31)54)34-9-10-36(51)45-39(34)53/h3-8,19-20,26-27,29,34,50H,1-2,9-18,21-24H2,(H2,42,52)(H,45,51,53)/t26-,27-,34?/m1/s1. The molecule has 14 heteroatoms. The molecule has 6 heterocycles. The minimum atomic E-state index is -0.970. The van der Waals surface area contributed by atoms with E-state index in [1.165, 1.54) is 5.56 Å². The Balaban J connectivity index is 0.835. The van der Waals surface area contributed by atoms with E-state index in [9.17, 15) is 29.1 Å². The molecule has 1 aromatic heterocycles. The largest absolute Gasteiger partial charge is 0.396 e. The molecule has 5 amide bonds. The Morgan fingerprint density at radius 3 is 2.36 bits per heavy atom. The molecule has 2 aromatic carbocycles. The SMILES string of the molecule is NC(=O)c1ncc(N2CCC[C@@H](CO)C2)nc1Cc1ccc(C2CCN(C[C@H]3CCN(c4ccc5c(c4)C(=O)N(C4CCC(=O)NC4=O)C5=O)C3)CC2)cc1. The molecule has 0 bridgehead atoms. The number of hydrogen-bond acceptors (Lipinski definition) is 11. The number of amides is 5. The summed E-state index contributed by atoms with van der Waals surface area (Å²) in [6, 6.07) is 13.0. The Kier molecular flexibility index (Phi) is 10.4. The van der Waals surface area contributed by atoms with Crippen LogP contribution < -0.4 is 20.9 Å². The highest BCUT2D eigenvalue weighted by molar-refractivity contribution is 6.23. The number of rotatable bonds is 10. The molecule has 3 atom stereocenters. The number of aromatic nitrogens is 2. The second-order valence-corrected chi connectivity index (χ2v) is 15.8. The van der Waals surface area contributed by atoms with Crippen LogP contribution in [0.15, 0.2) is 48.7 Å². The van der Waals surface area contributed by atoms with Gasteiger partial charge in [-0.25, -0.2) is 9.97 Å². The second kappa shape index (κ2) is 15.5. The Bertz CT molecular complexity index is 2000. The zero-order valence-corrected chi connectivity index (χ0v) is 31.0. The lowest BCUT2D eigenvalue weighted by Crippen LogP contribution is -2.54. The molecule has 0 spiro atoms. The normalized spacial score (nSPS) is 23.7. The third-order valence-corrected chi connectivity index (χ3v) is 12.2. The fraction of sp³-hybridized carbons (Fsp3) is 0.488. The number of nitrogens with two attached hydrogens (primary N) is 1. The first-order valence-electron chi connectivity index (χ1n) is 19.6. The summed E-state index contributed by atoms with van der Waals surface area (Å²) in [6.07, 6.45) is 7.45. The van der Waals surface area contributed by atoms with Gasteiger partial charge in [0.05, 0.1) is 23.0 Å². The highest BCUT2D eigenvalue weighted by Gasteiger charge is 2.45. The number of aliphatic hydroxyl groups excluding tert-OH is 1. The number of aliphatic hydroxyl groups is 1. The molecule has 5 aliphatic rings. The fourth-order valence-electron chi connectivity index (χ4n) is 9.11. The van der Waals surface area contributed by atoms with Gasteiger partial charge in [0.15, 0.2) is 0 Å². The van der Waals surface area contributed by atoms with Gasteiger partial charge in [0.2, 0.25) is 11.8 Å². The lowest BCUT2D eigenvalue weighted by atomic mass is 9.88. The van der Waals surface area contributed by atoms with Gasteiger partial charge in [-0.1, -0.05) is 24.3 Å². The molecule has 0 radical (unpaired) electrons. The number of nitrogens with one attached hydrogen (secondary N) is 1. The number of likely N-dealkylation sites (tertiary alicyclic amines) is 1. The average Bonchev–Trinajstić information content (AvgIpc) is 3.76. The second-order valence-electron chi connectivity index (χ2n) is 15.8. The number of imide groups is 2. The van der Waals surface area contributed by atoms with E-state index in [0.717, 1.165) is 87.5 Å². The van der Waals surface area contributed by atoms with Crippen LogP contribution in [0.2, 0.25) is 0 Å². The van der Waals surface area contributed by atoms with Gasteiger partial charge >= 0.3 is 0 Å². The van der Waals surface area contributed by atoms with E-state index >= 15 is 0 Å². The number of carbonyl (C=O) groups is 5. The monoisotopic (exact) mass is 748 g/mol. The first-order chi connectivity index (χ1) is 26.6. The van der Waals surface area contributed by atoms with E-state index < -0.39 is 35.6 Å². The van der Waals surface area contributed by atoms with Crippen LogP contribution in [0.4, 0.5) is 11.5 Å². The minimum absolute atomic E-state index is 0.0938. The maximum absolute atomic E-state index is 13.3. The van der Waals surface area contributed by atoms with Gasteiger partial charge in [-0.05, 0) is 98.7 Å². The molecule has 288 valence electrons. The van der Waals surface area contributed by atoms with Crippen molar-refractivity contribution in [1.82, 2.24) is 25.1 Å². The topological polar surface area (TPSA) is 182 Å². The molecule has 3 aromatic rings. The van der Waals surface area contributed by atoms with Crippen molar-refractivity contribution >= 4 is 41.0 Å². The molecular formula is C41H48N8O6. The van der Waals surface area contributed by atoms with Gasteiger partial charge in [0, 0.05) is 57.9 Å². The third-order valence-electron chi connectivity index (χ3n) is 12.2. The Hall–Kier alpha value is -5.21. The van der Waals surface area contributed by atoms with Crippen LogP contribution in [-0.2, 0) is 16.0 Å². The summed E-state index contributed by atoms with van der Waals surface area (Å²) in [5.41, 5.74) is 10.3. The quantitative estimate of drug-likeness (QED) is 0.259. The summed E-state index contributed by atoms with van der Waals surface area (Å²) in [5.74, 6) is -0.675. The highest BCUT2D eigenvalue weighted by atomic mass is 16.3. The molecule has 0 aliphatic carbocycles. The zero-order valence-electron chi connectivity index (χ0n) is 31.0. The number of nitrogens with zero attached hydrogens (tertiary/aromatic N) is 6. The number of hydrogen-bond donors (Lipinski definition) is 3. The van der Waals surface area contributed by atoms with Crippen LogP contribution in [0.1, 0.15) is 98.9 Å². The Morgan fingerprint density at radius 1 is 0.855 bits per heavy atom. The average molecular weight is 749 g/mol. The van der Waals surface area contributed by atoms with Gasteiger partial charge < -0.3 is 25.5 Å². The number of carbonyl (C=O) groups excluding carboxylic acids is 5. The number of primary amides is 1. The van der Waals surface area contributed by atoms with Gasteiger partial charge in [0.25, 0.3) is 17.7 Å². The van der Waals surface area contributed by atoms with Crippen molar-refractivity contribution in [1.29, 1.82) is 0 Å². The number of benzene rings is 2.